The van der Waals surface area contributed by atoms with E-state index in [-0.39, 0.29) is 17.7 Å². The Labute approximate surface area is 106 Å². The molecule has 1 amide bonds. The first kappa shape index (κ1) is 12.6. The van der Waals surface area contributed by atoms with Crippen molar-refractivity contribution in [2.24, 2.45) is 11.8 Å². The molecule has 18 heavy (non-hydrogen) atoms. The van der Waals surface area contributed by atoms with Crippen molar-refractivity contribution >= 4 is 17.6 Å². The van der Waals surface area contributed by atoms with E-state index in [1.54, 1.807) is 0 Å². The third kappa shape index (κ3) is 2.88. The fraction of sp³-hybridized carbons (Fsp3) is 0.429. The summed E-state index contributed by atoms with van der Waals surface area (Å²) in [4.78, 5) is 22.8. The Kier molecular flexibility index (Phi) is 3.65. The van der Waals surface area contributed by atoms with Crippen LogP contribution >= 0.6 is 0 Å². The van der Waals surface area contributed by atoms with Crippen molar-refractivity contribution < 1.29 is 14.7 Å². The van der Waals surface area contributed by atoms with E-state index in [1.807, 2.05) is 31.2 Å². The molecule has 1 aliphatic carbocycles. The second kappa shape index (κ2) is 5.21. The average Bonchev–Trinajstić information content (AvgIpc) is 2.78. The Bertz CT molecular complexity index is 470. The van der Waals surface area contributed by atoms with Crippen LogP contribution < -0.4 is 5.32 Å². The summed E-state index contributed by atoms with van der Waals surface area (Å²) in [6, 6.07) is 7.60. The molecule has 2 N–H and O–H groups in total. The fourth-order valence-electron chi connectivity index (χ4n) is 2.41. The quantitative estimate of drug-likeness (QED) is 0.862. The van der Waals surface area contributed by atoms with E-state index in [2.05, 4.69) is 5.32 Å². The lowest BCUT2D eigenvalue weighted by atomic mass is 10.0. The minimum absolute atomic E-state index is 0.0654. The molecule has 0 unspecified atom stereocenters. The monoisotopic (exact) mass is 247 g/mol. The van der Waals surface area contributed by atoms with E-state index in [4.69, 9.17) is 5.11 Å². The highest BCUT2D eigenvalue weighted by molar-refractivity contribution is 5.93. The maximum Gasteiger partial charge on any atom is 0.306 e. The maximum atomic E-state index is 12.0. The number of rotatable bonds is 3. The Morgan fingerprint density at radius 1 is 1.28 bits per heavy atom. The van der Waals surface area contributed by atoms with Crippen molar-refractivity contribution in [1.29, 1.82) is 0 Å². The van der Waals surface area contributed by atoms with Gasteiger partial charge >= 0.3 is 5.97 Å². The second-order valence-corrected chi connectivity index (χ2v) is 4.90. The molecule has 1 aliphatic rings. The van der Waals surface area contributed by atoms with Gasteiger partial charge in [0.05, 0.1) is 5.92 Å². The number of aliphatic carboxylic acids is 1. The topological polar surface area (TPSA) is 66.4 Å². The zero-order valence-electron chi connectivity index (χ0n) is 10.3. The third-order valence-electron chi connectivity index (χ3n) is 3.44. The molecular weight excluding hydrogens is 230 g/mol. The van der Waals surface area contributed by atoms with Gasteiger partial charge in [-0.1, -0.05) is 12.1 Å². The maximum absolute atomic E-state index is 12.0. The number of amides is 1. The van der Waals surface area contributed by atoms with Gasteiger partial charge in [0.25, 0.3) is 0 Å². The summed E-state index contributed by atoms with van der Waals surface area (Å²) >= 11 is 0. The van der Waals surface area contributed by atoms with Gasteiger partial charge in [-0.05, 0) is 43.9 Å². The molecular formula is C14H17NO3. The highest BCUT2D eigenvalue weighted by Crippen LogP contribution is 2.31. The normalized spacial score (nSPS) is 22.7. The standard InChI is InChI=1S/C14H17NO3/c1-9-3-2-4-12(7-9)15-13(16)10-5-6-11(8-10)14(17)18/h2-4,7,10-11H,5-6,8H2,1H3,(H,15,16)(H,17,18)/t10-,11+/m1/s1. The Hall–Kier alpha value is -1.84. The molecule has 0 heterocycles. The van der Waals surface area contributed by atoms with E-state index < -0.39 is 5.97 Å². The van der Waals surface area contributed by atoms with Gasteiger partial charge in [0, 0.05) is 11.6 Å². The number of aryl methyl sites for hydroxylation is 1. The molecule has 1 fully saturated rings. The number of hydrogen-bond donors (Lipinski definition) is 2. The van der Waals surface area contributed by atoms with Gasteiger partial charge in [0.2, 0.25) is 5.91 Å². The molecule has 0 spiro atoms. The summed E-state index contributed by atoms with van der Waals surface area (Å²) in [5.41, 5.74) is 1.86. The van der Waals surface area contributed by atoms with E-state index in [0.29, 0.717) is 19.3 Å². The van der Waals surface area contributed by atoms with Crippen molar-refractivity contribution in [1.82, 2.24) is 0 Å². The number of hydrogen-bond acceptors (Lipinski definition) is 2. The molecule has 1 aromatic rings. The first-order valence-corrected chi connectivity index (χ1v) is 6.16. The minimum atomic E-state index is -0.791. The number of carbonyl (C=O) groups is 2. The van der Waals surface area contributed by atoms with Gasteiger partial charge in [-0.3, -0.25) is 9.59 Å². The molecule has 96 valence electrons. The number of anilines is 1. The first-order valence-electron chi connectivity index (χ1n) is 6.16. The van der Waals surface area contributed by atoms with Crippen LogP contribution in [0.1, 0.15) is 24.8 Å². The predicted octanol–water partition coefficient (Wildman–Crippen LogP) is 2.43. The van der Waals surface area contributed by atoms with Crippen molar-refractivity contribution in [3.8, 4) is 0 Å². The molecule has 0 aromatic heterocycles. The van der Waals surface area contributed by atoms with E-state index in [0.717, 1.165) is 11.3 Å². The Morgan fingerprint density at radius 2 is 2.00 bits per heavy atom. The number of carboxylic acids is 1. The van der Waals surface area contributed by atoms with Crippen LogP contribution in [0.15, 0.2) is 24.3 Å². The zero-order chi connectivity index (χ0) is 13.1. The lowest BCUT2D eigenvalue weighted by Crippen LogP contribution is -2.21. The van der Waals surface area contributed by atoms with Crippen LogP contribution in [0.25, 0.3) is 0 Å². The van der Waals surface area contributed by atoms with Crippen LogP contribution in [-0.2, 0) is 9.59 Å². The molecule has 2 rings (SSSR count). The van der Waals surface area contributed by atoms with Gasteiger partial charge in [-0.2, -0.15) is 0 Å². The van der Waals surface area contributed by atoms with E-state index >= 15 is 0 Å². The fourth-order valence-corrected chi connectivity index (χ4v) is 2.41. The van der Waals surface area contributed by atoms with Crippen molar-refractivity contribution in [3.63, 3.8) is 0 Å². The highest BCUT2D eigenvalue weighted by Gasteiger charge is 2.33. The molecule has 2 atom stereocenters. The van der Waals surface area contributed by atoms with Gasteiger partial charge in [0.1, 0.15) is 0 Å². The molecule has 0 bridgehead atoms. The molecule has 0 saturated heterocycles. The lowest BCUT2D eigenvalue weighted by molar-refractivity contribution is -0.141. The summed E-state index contributed by atoms with van der Waals surface area (Å²) in [6.45, 7) is 1.96. The zero-order valence-corrected chi connectivity index (χ0v) is 10.3. The molecule has 0 aliphatic heterocycles. The molecule has 4 heteroatoms. The number of carbonyl (C=O) groups excluding carboxylic acids is 1. The third-order valence-corrected chi connectivity index (χ3v) is 3.44. The molecule has 0 radical (unpaired) electrons. The predicted molar refractivity (Wildman–Crippen MR) is 68.3 cm³/mol. The van der Waals surface area contributed by atoms with Crippen LogP contribution in [0.5, 0.6) is 0 Å². The molecule has 1 saturated carbocycles. The van der Waals surface area contributed by atoms with Crippen LogP contribution in [0, 0.1) is 18.8 Å². The lowest BCUT2D eigenvalue weighted by Gasteiger charge is -2.11. The van der Waals surface area contributed by atoms with Crippen molar-refractivity contribution in [2.45, 2.75) is 26.2 Å². The minimum Gasteiger partial charge on any atom is -0.481 e. The molecule has 4 nitrogen and oxygen atoms in total. The van der Waals surface area contributed by atoms with Crippen molar-refractivity contribution in [3.05, 3.63) is 29.8 Å². The van der Waals surface area contributed by atoms with Gasteiger partial charge < -0.3 is 10.4 Å². The second-order valence-electron chi connectivity index (χ2n) is 4.90. The summed E-state index contributed by atoms with van der Waals surface area (Å²) in [7, 11) is 0. The number of benzene rings is 1. The molecule has 1 aromatic carbocycles. The van der Waals surface area contributed by atoms with Gasteiger partial charge in [0.15, 0.2) is 0 Å². The smallest absolute Gasteiger partial charge is 0.306 e. The van der Waals surface area contributed by atoms with E-state index in [1.165, 1.54) is 0 Å². The highest BCUT2D eigenvalue weighted by atomic mass is 16.4. The van der Waals surface area contributed by atoms with E-state index in [9.17, 15) is 9.59 Å². The van der Waals surface area contributed by atoms with Crippen LogP contribution in [-0.4, -0.2) is 17.0 Å². The SMILES string of the molecule is Cc1cccc(NC(=O)[C@@H]2CC[C@H](C(=O)O)C2)c1. The Morgan fingerprint density at radius 3 is 2.61 bits per heavy atom. The number of nitrogens with one attached hydrogen (secondary N) is 1. The van der Waals surface area contributed by atoms with Gasteiger partial charge in [-0.15, -0.1) is 0 Å². The van der Waals surface area contributed by atoms with Crippen molar-refractivity contribution in [2.75, 3.05) is 5.32 Å². The summed E-state index contributed by atoms with van der Waals surface area (Å²) in [5.74, 6) is -1.39. The average molecular weight is 247 g/mol. The first-order chi connectivity index (χ1) is 8.56. The van der Waals surface area contributed by atoms with Crippen LogP contribution in [0.4, 0.5) is 5.69 Å². The van der Waals surface area contributed by atoms with Crippen LogP contribution in [0.3, 0.4) is 0 Å². The summed E-state index contributed by atoms with van der Waals surface area (Å²) in [6.07, 6.45) is 1.71. The Balaban J connectivity index is 1.95. The summed E-state index contributed by atoms with van der Waals surface area (Å²) in [5, 5.41) is 11.8. The van der Waals surface area contributed by atoms with Gasteiger partial charge in [-0.25, -0.2) is 0 Å². The number of carboxylic acid groups (broad SMARTS) is 1. The largest absolute Gasteiger partial charge is 0.481 e. The van der Waals surface area contributed by atoms with Crippen LogP contribution in [0.2, 0.25) is 0 Å². The summed E-state index contributed by atoms with van der Waals surface area (Å²) < 4.78 is 0.